The fourth-order valence-corrected chi connectivity index (χ4v) is 10.7. The fraction of sp³-hybridized carbons (Fsp3) is 0.677. The zero-order chi connectivity index (χ0) is 26.1. The van der Waals surface area contributed by atoms with Crippen LogP contribution in [0.4, 0.5) is 0 Å². The molecule has 1 aromatic rings. The minimum absolute atomic E-state index is 0.000557. The van der Waals surface area contributed by atoms with Crippen LogP contribution in [0.15, 0.2) is 35.9 Å². The number of benzene rings is 1. The SMILES string of the molecule is CC1=C[C@H]2[C@@H]3C(=O)[C@]4(C[C@H]2O)C[C@@](O)(Cc2ccc(cc2)O[C@@H]2[C@H]3[C@@H]1[C@]1(C)C[C@H](C)C[C@H](C)[C@@H]21)NC4=O. The molecule has 1 saturated heterocycles. The highest BCUT2D eigenvalue weighted by atomic mass is 16.5. The lowest BCUT2D eigenvalue weighted by Gasteiger charge is -2.51. The molecule has 198 valence electrons. The molecule has 0 aromatic heterocycles. The molecule has 7 aliphatic rings. The van der Waals surface area contributed by atoms with Gasteiger partial charge >= 0.3 is 0 Å². The molecule has 3 aliphatic heterocycles. The van der Waals surface area contributed by atoms with Crippen molar-refractivity contribution in [3.8, 4) is 5.75 Å². The van der Waals surface area contributed by atoms with E-state index in [0.29, 0.717) is 11.8 Å². The van der Waals surface area contributed by atoms with Crippen molar-refractivity contribution in [3.63, 3.8) is 0 Å². The number of aliphatic hydroxyl groups is 2. The monoisotopic (exact) mass is 505 g/mol. The summed E-state index contributed by atoms with van der Waals surface area (Å²) < 4.78 is 6.93. The summed E-state index contributed by atoms with van der Waals surface area (Å²) in [4.78, 5) is 28.3. The van der Waals surface area contributed by atoms with Crippen LogP contribution in [0.2, 0.25) is 0 Å². The van der Waals surface area contributed by atoms with Gasteiger partial charge in [0, 0.05) is 36.5 Å². The van der Waals surface area contributed by atoms with Gasteiger partial charge in [0.2, 0.25) is 5.91 Å². The van der Waals surface area contributed by atoms with Gasteiger partial charge in [0.05, 0.1) is 6.10 Å². The maximum absolute atomic E-state index is 14.7. The normalized spacial score (nSPS) is 51.7. The third kappa shape index (κ3) is 3.06. The highest BCUT2D eigenvalue weighted by Crippen LogP contribution is 2.68. The summed E-state index contributed by atoms with van der Waals surface area (Å²) in [5, 5.41) is 25.8. The predicted octanol–water partition coefficient (Wildman–Crippen LogP) is 3.65. The lowest BCUT2D eigenvalue weighted by Crippen LogP contribution is -2.58. The van der Waals surface area contributed by atoms with E-state index in [4.69, 9.17) is 4.74 Å². The zero-order valence-corrected chi connectivity index (χ0v) is 22.2. The van der Waals surface area contributed by atoms with E-state index in [9.17, 15) is 19.8 Å². The van der Waals surface area contributed by atoms with Gasteiger partial charge in [-0.15, -0.1) is 0 Å². The third-order valence-corrected chi connectivity index (χ3v) is 11.4. The molecule has 3 N–H and O–H groups in total. The van der Waals surface area contributed by atoms with E-state index < -0.39 is 29.1 Å². The summed E-state index contributed by atoms with van der Waals surface area (Å²) in [6.45, 7) is 9.25. The van der Waals surface area contributed by atoms with Crippen molar-refractivity contribution in [3.05, 3.63) is 41.5 Å². The summed E-state index contributed by atoms with van der Waals surface area (Å²) in [5.74, 6) is 0.697. The van der Waals surface area contributed by atoms with Crippen LogP contribution in [0.5, 0.6) is 5.75 Å². The summed E-state index contributed by atoms with van der Waals surface area (Å²) in [6, 6.07) is 7.85. The molecule has 3 heterocycles. The Hall–Kier alpha value is -2.18. The lowest BCUT2D eigenvalue weighted by molar-refractivity contribution is -0.158. The molecule has 1 spiro atoms. The quantitative estimate of drug-likeness (QED) is 0.370. The molecule has 3 saturated carbocycles. The second-order valence-electron chi connectivity index (χ2n) is 13.9. The van der Waals surface area contributed by atoms with E-state index in [1.54, 1.807) is 0 Å². The Bertz CT molecular complexity index is 1210. The van der Waals surface area contributed by atoms with Gasteiger partial charge in [0.25, 0.3) is 0 Å². The Morgan fingerprint density at radius 2 is 1.84 bits per heavy atom. The Morgan fingerprint density at radius 1 is 1.11 bits per heavy atom. The van der Waals surface area contributed by atoms with Crippen molar-refractivity contribution >= 4 is 11.7 Å². The molecule has 4 fully saturated rings. The van der Waals surface area contributed by atoms with Crippen LogP contribution in [-0.4, -0.2) is 39.8 Å². The minimum Gasteiger partial charge on any atom is -0.490 e. The molecular weight excluding hydrogens is 466 g/mol. The third-order valence-electron chi connectivity index (χ3n) is 11.4. The predicted molar refractivity (Wildman–Crippen MR) is 137 cm³/mol. The molecule has 1 amide bonds. The smallest absolute Gasteiger partial charge is 0.236 e. The Balaban J connectivity index is 1.47. The molecule has 37 heavy (non-hydrogen) atoms. The van der Waals surface area contributed by atoms with Gasteiger partial charge in [-0.1, -0.05) is 44.6 Å². The first-order valence-electron chi connectivity index (χ1n) is 14.2. The van der Waals surface area contributed by atoms with Crippen molar-refractivity contribution < 1.29 is 24.5 Å². The van der Waals surface area contributed by atoms with Gasteiger partial charge < -0.3 is 20.3 Å². The Morgan fingerprint density at radius 3 is 2.57 bits per heavy atom. The number of ether oxygens (including phenoxy) is 1. The van der Waals surface area contributed by atoms with E-state index in [2.05, 4.69) is 39.1 Å². The van der Waals surface area contributed by atoms with Crippen molar-refractivity contribution in [2.24, 2.45) is 52.3 Å². The van der Waals surface area contributed by atoms with Gasteiger partial charge in [0.15, 0.2) is 5.78 Å². The average Bonchev–Trinajstić information content (AvgIpc) is 3.21. The van der Waals surface area contributed by atoms with Gasteiger partial charge in [-0.05, 0) is 67.1 Å². The minimum atomic E-state index is -1.52. The van der Waals surface area contributed by atoms with Crippen molar-refractivity contribution in [1.82, 2.24) is 5.32 Å². The van der Waals surface area contributed by atoms with E-state index in [0.717, 1.165) is 24.2 Å². The second-order valence-corrected chi connectivity index (χ2v) is 13.9. The van der Waals surface area contributed by atoms with Crippen LogP contribution < -0.4 is 10.1 Å². The molecule has 1 aromatic carbocycles. The lowest BCUT2D eigenvalue weighted by atomic mass is 9.51. The molecule has 5 bridgehead atoms. The van der Waals surface area contributed by atoms with Crippen LogP contribution in [0.25, 0.3) is 0 Å². The number of fused-ring (bicyclic) bond motifs is 4. The van der Waals surface area contributed by atoms with Gasteiger partial charge in [0.1, 0.15) is 23.0 Å². The van der Waals surface area contributed by atoms with E-state index >= 15 is 0 Å². The summed E-state index contributed by atoms with van der Waals surface area (Å²) in [6.07, 6.45) is 3.62. The molecule has 0 radical (unpaired) electrons. The van der Waals surface area contributed by atoms with Crippen LogP contribution in [0.1, 0.15) is 58.9 Å². The first-order valence-corrected chi connectivity index (χ1v) is 14.2. The first-order chi connectivity index (χ1) is 17.5. The molecule has 6 nitrogen and oxygen atoms in total. The standard InChI is InChI=1S/C31H39NO5/c1-15-9-16(2)25-26-23-22-20(10-17(3)24(23)29(25,4)11-15)21(33)13-30(27(22)34)14-31(36,32-28(30)35)12-18-5-7-19(37-26)8-6-18/h5-8,10,15-16,20-26,33,36H,9,11-14H2,1-4H3,(H,32,35)/t15-,16+,20-,21-,22+,23-,24-,25+,26-,29+,30+,31+/m1/s1. The van der Waals surface area contributed by atoms with Gasteiger partial charge in [-0.2, -0.15) is 0 Å². The number of Topliss-reactive ketones (excluding diaryl/α,β-unsaturated/α-hetero) is 1. The number of carbonyl (C=O) groups is 2. The molecular formula is C31H39NO5. The molecule has 0 unspecified atom stereocenters. The average molecular weight is 506 g/mol. The summed E-state index contributed by atoms with van der Waals surface area (Å²) >= 11 is 0. The van der Waals surface area contributed by atoms with Crippen molar-refractivity contribution in [1.29, 1.82) is 0 Å². The number of amides is 1. The largest absolute Gasteiger partial charge is 0.490 e. The van der Waals surface area contributed by atoms with Gasteiger partial charge in [-0.3, -0.25) is 9.59 Å². The highest BCUT2D eigenvalue weighted by Gasteiger charge is 2.71. The molecule has 4 aliphatic carbocycles. The van der Waals surface area contributed by atoms with E-state index in [1.807, 2.05) is 24.3 Å². The first kappa shape index (κ1) is 23.9. The maximum Gasteiger partial charge on any atom is 0.236 e. The topological polar surface area (TPSA) is 95.9 Å². The zero-order valence-electron chi connectivity index (χ0n) is 22.2. The molecule has 6 heteroatoms. The van der Waals surface area contributed by atoms with Crippen LogP contribution >= 0.6 is 0 Å². The summed E-state index contributed by atoms with van der Waals surface area (Å²) in [7, 11) is 0. The van der Waals surface area contributed by atoms with E-state index in [1.165, 1.54) is 5.57 Å². The van der Waals surface area contributed by atoms with Crippen LogP contribution in [0, 0.1) is 52.3 Å². The highest BCUT2D eigenvalue weighted by molar-refractivity contribution is 6.09. The van der Waals surface area contributed by atoms with Crippen molar-refractivity contribution in [2.45, 2.75) is 77.7 Å². The number of hydrogen-bond donors (Lipinski definition) is 3. The number of carbonyl (C=O) groups excluding carboxylic acids is 2. The number of allylic oxidation sites excluding steroid dienone is 1. The van der Waals surface area contributed by atoms with Crippen molar-refractivity contribution in [2.75, 3.05) is 0 Å². The Kier molecular flexibility index (Phi) is 4.83. The molecule has 8 rings (SSSR count). The van der Waals surface area contributed by atoms with Gasteiger partial charge in [-0.25, -0.2) is 0 Å². The number of rotatable bonds is 0. The summed E-state index contributed by atoms with van der Waals surface area (Å²) in [5.41, 5.74) is -0.847. The second kappa shape index (κ2) is 7.47. The molecule has 12 atom stereocenters. The maximum atomic E-state index is 14.7. The number of hydrogen-bond acceptors (Lipinski definition) is 5. The fourth-order valence-electron chi connectivity index (χ4n) is 10.7. The van der Waals surface area contributed by atoms with Crippen LogP contribution in [0.3, 0.4) is 0 Å². The number of nitrogens with one attached hydrogen (secondary N) is 1. The van der Waals surface area contributed by atoms with Crippen LogP contribution in [-0.2, 0) is 16.0 Å². The number of ketones is 1. The number of aliphatic hydroxyl groups excluding tert-OH is 1. The van der Waals surface area contributed by atoms with E-state index in [-0.39, 0.29) is 60.2 Å². The Labute approximate surface area is 218 Å².